The predicted octanol–water partition coefficient (Wildman–Crippen LogP) is 3.13. The molecule has 0 radical (unpaired) electrons. The van der Waals surface area contributed by atoms with Crippen molar-refractivity contribution in [2.75, 3.05) is 19.8 Å². The quantitative estimate of drug-likeness (QED) is 0.681. The normalized spacial score (nSPS) is 23.6. The van der Waals surface area contributed by atoms with E-state index < -0.39 is 0 Å². The van der Waals surface area contributed by atoms with Gasteiger partial charge in [0, 0.05) is 19.5 Å². The second-order valence-corrected chi connectivity index (χ2v) is 5.85. The summed E-state index contributed by atoms with van der Waals surface area (Å²) in [5, 5.41) is 10.9. The molecule has 0 spiro atoms. The van der Waals surface area contributed by atoms with E-state index in [9.17, 15) is 5.11 Å². The minimum absolute atomic E-state index is 0.137. The van der Waals surface area contributed by atoms with Gasteiger partial charge in [0.1, 0.15) is 0 Å². The maximum atomic E-state index is 9.91. The molecule has 0 aliphatic heterocycles. The highest BCUT2D eigenvalue weighted by Gasteiger charge is 2.26. The Morgan fingerprint density at radius 1 is 1.37 bits per heavy atom. The summed E-state index contributed by atoms with van der Waals surface area (Å²) >= 11 is 1.65. The van der Waals surface area contributed by atoms with Crippen molar-refractivity contribution in [3.05, 3.63) is 30.3 Å². The second kappa shape index (κ2) is 6.96. The van der Waals surface area contributed by atoms with Gasteiger partial charge in [0.05, 0.1) is 11.8 Å². The van der Waals surface area contributed by atoms with Crippen LogP contribution < -0.4 is 0 Å². The topological polar surface area (TPSA) is 35.8 Å². The van der Waals surface area contributed by atoms with E-state index in [1.807, 2.05) is 36.6 Å². The number of benzene rings is 1. The van der Waals surface area contributed by atoms with Crippen molar-refractivity contribution in [2.45, 2.75) is 25.4 Å². The molecule has 1 N–H and O–H groups in total. The molecular formula is C15H22N2OS. The fourth-order valence-electron chi connectivity index (χ4n) is 2.56. The van der Waals surface area contributed by atoms with Crippen molar-refractivity contribution in [2.24, 2.45) is 10.9 Å². The molecule has 1 aliphatic carbocycles. The van der Waals surface area contributed by atoms with Crippen LogP contribution in [0.2, 0.25) is 0 Å². The highest BCUT2D eigenvalue weighted by atomic mass is 32.2. The van der Waals surface area contributed by atoms with Crippen LogP contribution >= 0.6 is 11.8 Å². The highest BCUT2D eigenvalue weighted by molar-refractivity contribution is 8.13. The number of thioether (sulfide) groups is 1. The largest absolute Gasteiger partial charge is 0.393 e. The van der Waals surface area contributed by atoms with Crippen LogP contribution in [0.4, 0.5) is 5.69 Å². The summed E-state index contributed by atoms with van der Waals surface area (Å²) in [5.41, 5.74) is 0.977. The zero-order valence-electron chi connectivity index (χ0n) is 11.6. The SMILES string of the molecule is CSC(=Nc1ccccc1)N(C)C[C@@H]1CCC[C@@H]1O. The van der Waals surface area contributed by atoms with Gasteiger partial charge in [-0.25, -0.2) is 4.99 Å². The standard InChI is InChI=1S/C15H22N2OS/c1-17(11-12-7-6-10-14(12)18)15(19-2)16-13-8-4-3-5-9-13/h3-5,8-9,12,14,18H,6-7,10-11H2,1-2H3/t12-,14-/m0/s1. The van der Waals surface area contributed by atoms with Crippen LogP contribution in [-0.2, 0) is 0 Å². The summed E-state index contributed by atoms with van der Waals surface area (Å²) in [6.45, 7) is 0.883. The van der Waals surface area contributed by atoms with E-state index in [0.717, 1.165) is 36.7 Å². The molecular weight excluding hydrogens is 256 g/mol. The van der Waals surface area contributed by atoms with Crippen molar-refractivity contribution in [3.63, 3.8) is 0 Å². The third kappa shape index (κ3) is 3.98. The molecule has 3 nitrogen and oxygen atoms in total. The fourth-order valence-corrected chi connectivity index (χ4v) is 3.14. The van der Waals surface area contributed by atoms with E-state index in [4.69, 9.17) is 0 Å². The Bertz CT molecular complexity index is 421. The Morgan fingerprint density at radius 3 is 2.68 bits per heavy atom. The van der Waals surface area contributed by atoms with Gasteiger partial charge in [-0.2, -0.15) is 0 Å². The Hall–Kier alpha value is -1.00. The van der Waals surface area contributed by atoms with Gasteiger partial charge in [-0.15, -0.1) is 0 Å². The number of para-hydroxylation sites is 1. The Labute approximate surface area is 119 Å². The lowest BCUT2D eigenvalue weighted by atomic mass is 10.1. The molecule has 1 aromatic rings. The lowest BCUT2D eigenvalue weighted by Gasteiger charge is -2.25. The van der Waals surface area contributed by atoms with Crippen molar-refractivity contribution < 1.29 is 5.11 Å². The van der Waals surface area contributed by atoms with Gasteiger partial charge < -0.3 is 10.0 Å². The smallest absolute Gasteiger partial charge is 0.163 e. The Morgan fingerprint density at radius 2 is 2.11 bits per heavy atom. The molecule has 0 saturated heterocycles. The minimum Gasteiger partial charge on any atom is -0.393 e. The first-order valence-electron chi connectivity index (χ1n) is 6.77. The molecule has 0 unspecified atom stereocenters. The van der Waals surface area contributed by atoms with Crippen LogP contribution in [0, 0.1) is 5.92 Å². The summed E-state index contributed by atoms with van der Waals surface area (Å²) < 4.78 is 0. The van der Waals surface area contributed by atoms with Crippen molar-refractivity contribution >= 4 is 22.6 Å². The van der Waals surface area contributed by atoms with Crippen LogP contribution in [0.5, 0.6) is 0 Å². The highest BCUT2D eigenvalue weighted by Crippen LogP contribution is 2.27. The number of hydrogen-bond acceptors (Lipinski definition) is 3. The third-order valence-corrected chi connectivity index (χ3v) is 4.39. The van der Waals surface area contributed by atoms with Crippen LogP contribution in [0.3, 0.4) is 0 Å². The Kier molecular flexibility index (Phi) is 5.28. The summed E-state index contributed by atoms with van der Waals surface area (Å²) in [6.07, 6.45) is 5.12. The van der Waals surface area contributed by atoms with Crippen LogP contribution in [0.25, 0.3) is 0 Å². The maximum Gasteiger partial charge on any atom is 0.163 e. The zero-order chi connectivity index (χ0) is 13.7. The molecule has 1 saturated carbocycles. The fraction of sp³-hybridized carbons (Fsp3) is 0.533. The molecule has 0 aromatic heterocycles. The first-order chi connectivity index (χ1) is 9.20. The summed E-state index contributed by atoms with van der Waals surface area (Å²) in [4.78, 5) is 6.83. The molecule has 1 aromatic carbocycles. The first-order valence-corrected chi connectivity index (χ1v) is 8.00. The molecule has 4 heteroatoms. The monoisotopic (exact) mass is 278 g/mol. The molecule has 19 heavy (non-hydrogen) atoms. The number of rotatable bonds is 3. The molecule has 1 fully saturated rings. The predicted molar refractivity (Wildman–Crippen MR) is 83.0 cm³/mol. The maximum absolute atomic E-state index is 9.91. The van der Waals surface area contributed by atoms with E-state index in [-0.39, 0.29) is 6.10 Å². The molecule has 1 aliphatic rings. The molecule has 0 bridgehead atoms. The van der Waals surface area contributed by atoms with E-state index in [0.29, 0.717) is 5.92 Å². The average Bonchev–Trinajstić information content (AvgIpc) is 2.82. The zero-order valence-corrected chi connectivity index (χ0v) is 12.4. The van der Waals surface area contributed by atoms with Gasteiger partial charge >= 0.3 is 0 Å². The number of aliphatic imine (C=N–C) groups is 1. The van der Waals surface area contributed by atoms with Crippen molar-refractivity contribution in [1.29, 1.82) is 0 Å². The van der Waals surface area contributed by atoms with E-state index in [2.05, 4.69) is 16.9 Å². The molecule has 2 atom stereocenters. The minimum atomic E-state index is -0.137. The number of aliphatic hydroxyl groups excluding tert-OH is 1. The van der Waals surface area contributed by atoms with E-state index >= 15 is 0 Å². The lowest BCUT2D eigenvalue weighted by molar-refractivity contribution is 0.122. The molecule has 104 valence electrons. The number of nitrogens with zero attached hydrogens (tertiary/aromatic N) is 2. The average molecular weight is 278 g/mol. The third-order valence-electron chi connectivity index (χ3n) is 3.62. The van der Waals surface area contributed by atoms with Gasteiger partial charge in [0.25, 0.3) is 0 Å². The van der Waals surface area contributed by atoms with Gasteiger partial charge in [-0.05, 0) is 31.2 Å². The summed E-state index contributed by atoms with van der Waals surface area (Å²) in [7, 11) is 2.06. The van der Waals surface area contributed by atoms with Crippen molar-refractivity contribution in [3.8, 4) is 0 Å². The van der Waals surface area contributed by atoms with Crippen LogP contribution in [0.15, 0.2) is 35.3 Å². The molecule has 0 heterocycles. The van der Waals surface area contributed by atoms with Crippen LogP contribution in [0.1, 0.15) is 19.3 Å². The second-order valence-electron chi connectivity index (χ2n) is 5.07. The number of hydrogen-bond donors (Lipinski definition) is 1. The number of aliphatic hydroxyl groups is 1. The van der Waals surface area contributed by atoms with E-state index in [1.165, 1.54) is 0 Å². The van der Waals surface area contributed by atoms with Gasteiger partial charge in [-0.1, -0.05) is 36.4 Å². The summed E-state index contributed by atoms with van der Waals surface area (Å²) in [5.74, 6) is 0.387. The Balaban J connectivity index is 2.02. The lowest BCUT2D eigenvalue weighted by Crippen LogP contribution is -2.32. The molecule has 2 rings (SSSR count). The van der Waals surface area contributed by atoms with Gasteiger partial charge in [-0.3, -0.25) is 0 Å². The molecule has 0 amide bonds. The van der Waals surface area contributed by atoms with Crippen molar-refractivity contribution in [1.82, 2.24) is 4.90 Å². The van der Waals surface area contributed by atoms with Crippen LogP contribution in [-0.4, -0.2) is 41.1 Å². The first kappa shape index (κ1) is 14.4. The van der Waals surface area contributed by atoms with Gasteiger partial charge in [0.2, 0.25) is 0 Å². The summed E-state index contributed by atoms with van der Waals surface area (Å²) in [6, 6.07) is 10.0. The van der Waals surface area contributed by atoms with Gasteiger partial charge in [0.15, 0.2) is 5.17 Å². The van der Waals surface area contributed by atoms with E-state index in [1.54, 1.807) is 11.8 Å². The number of amidine groups is 1.